The lowest BCUT2D eigenvalue weighted by molar-refractivity contribution is 0.0887. The van der Waals surface area contributed by atoms with Crippen molar-refractivity contribution in [1.82, 2.24) is 15.2 Å². The van der Waals surface area contributed by atoms with Gasteiger partial charge in [0.15, 0.2) is 0 Å². The van der Waals surface area contributed by atoms with E-state index in [2.05, 4.69) is 27.3 Å². The second-order valence-corrected chi connectivity index (χ2v) is 8.45. The molecule has 0 radical (unpaired) electrons. The van der Waals surface area contributed by atoms with E-state index in [9.17, 15) is 4.79 Å². The van der Waals surface area contributed by atoms with Crippen LogP contribution in [0.5, 0.6) is 5.75 Å². The van der Waals surface area contributed by atoms with E-state index in [4.69, 9.17) is 4.74 Å². The van der Waals surface area contributed by atoms with Crippen molar-refractivity contribution in [1.29, 1.82) is 0 Å². The zero-order chi connectivity index (χ0) is 22.3. The normalized spacial score (nSPS) is 15.8. The van der Waals surface area contributed by atoms with Crippen molar-refractivity contribution in [3.05, 3.63) is 95.3 Å². The third kappa shape index (κ3) is 5.17. The molecule has 0 bridgehead atoms. The van der Waals surface area contributed by atoms with Gasteiger partial charge in [0.25, 0.3) is 5.91 Å². The van der Waals surface area contributed by atoms with Crippen molar-refractivity contribution in [2.45, 2.75) is 32.4 Å². The third-order valence-corrected chi connectivity index (χ3v) is 6.37. The molecule has 1 saturated heterocycles. The zero-order valence-corrected chi connectivity index (χ0v) is 18.8. The van der Waals surface area contributed by atoms with Crippen molar-refractivity contribution in [2.24, 2.45) is 5.92 Å². The molecule has 5 heteroatoms. The highest BCUT2D eigenvalue weighted by molar-refractivity contribution is 5.95. The number of benzene rings is 2. The fourth-order valence-corrected chi connectivity index (χ4v) is 4.56. The van der Waals surface area contributed by atoms with Crippen LogP contribution in [0.25, 0.3) is 0 Å². The van der Waals surface area contributed by atoms with Crippen molar-refractivity contribution >= 4 is 5.91 Å². The molecule has 2 heterocycles. The zero-order valence-electron chi connectivity index (χ0n) is 18.8. The average Bonchev–Trinajstić information content (AvgIpc) is 2.84. The van der Waals surface area contributed by atoms with Gasteiger partial charge in [0.05, 0.1) is 18.8 Å². The Bertz CT molecular complexity index is 1030. The molecule has 1 aliphatic heterocycles. The number of likely N-dealkylation sites (tertiary alicyclic amines) is 1. The molecule has 1 N–H and O–H groups in total. The van der Waals surface area contributed by atoms with Crippen LogP contribution in [0.1, 0.15) is 46.1 Å². The second-order valence-electron chi connectivity index (χ2n) is 8.45. The highest BCUT2D eigenvalue weighted by Crippen LogP contribution is 2.31. The number of aromatic nitrogens is 1. The summed E-state index contributed by atoms with van der Waals surface area (Å²) < 4.78 is 5.52. The van der Waals surface area contributed by atoms with E-state index >= 15 is 0 Å². The van der Waals surface area contributed by atoms with Gasteiger partial charge in [-0.1, -0.05) is 42.5 Å². The summed E-state index contributed by atoms with van der Waals surface area (Å²) in [6.07, 6.45) is 3.81. The molecule has 0 saturated carbocycles. The average molecular weight is 430 g/mol. The van der Waals surface area contributed by atoms with Crippen LogP contribution in [0.2, 0.25) is 0 Å². The monoisotopic (exact) mass is 429 g/mol. The predicted molar refractivity (Wildman–Crippen MR) is 127 cm³/mol. The van der Waals surface area contributed by atoms with Gasteiger partial charge in [0.2, 0.25) is 0 Å². The van der Waals surface area contributed by atoms with Gasteiger partial charge in [-0.15, -0.1) is 0 Å². The number of piperidine rings is 1. The Kier molecular flexibility index (Phi) is 7.17. The van der Waals surface area contributed by atoms with Crippen molar-refractivity contribution in [3.8, 4) is 5.75 Å². The van der Waals surface area contributed by atoms with E-state index in [1.807, 2.05) is 61.5 Å². The van der Waals surface area contributed by atoms with Crippen LogP contribution >= 0.6 is 0 Å². The van der Waals surface area contributed by atoms with Crippen LogP contribution in [0.3, 0.4) is 0 Å². The molecule has 0 spiro atoms. The van der Waals surface area contributed by atoms with Gasteiger partial charge in [-0.25, -0.2) is 0 Å². The Hall–Kier alpha value is -3.18. The van der Waals surface area contributed by atoms with Crippen LogP contribution in [-0.4, -0.2) is 36.0 Å². The Balaban J connectivity index is 1.46. The molecule has 3 aromatic rings. The summed E-state index contributed by atoms with van der Waals surface area (Å²) >= 11 is 0. The SMILES string of the molecule is COc1ccccc1CN1CCC([C@H](NC(=O)c2ccccc2C)c2ccccn2)CC1. The Morgan fingerprint density at radius 2 is 1.78 bits per heavy atom. The highest BCUT2D eigenvalue weighted by Gasteiger charge is 2.30. The van der Waals surface area contributed by atoms with Crippen molar-refractivity contribution < 1.29 is 9.53 Å². The van der Waals surface area contributed by atoms with Gasteiger partial charge < -0.3 is 10.1 Å². The van der Waals surface area contributed by atoms with E-state index in [1.54, 1.807) is 13.3 Å². The number of aryl methyl sites for hydroxylation is 1. The number of carbonyl (C=O) groups excluding carboxylic acids is 1. The maximum Gasteiger partial charge on any atom is 0.252 e. The van der Waals surface area contributed by atoms with Crippen molar-refractivity contribution in [2.75, 3.05) is 20.2 Å². The molecule has 1 aromatic heterocycles. The van der Waals surface area contributed by atoms with Gasteiger partial charge >= 0.3 is 0 Å². The largest absolute Gasteiger partial charge is 0.496 e. The Labute approximate surface area is 190 Å². The predicted octanol–water partition coefficient (Wildman–Crippen LogP) is 4.78. The van der Waals surface area contributed by atoms with Crippen LogP contribution in [0, 0.1) is 12.8 Å². The van der Waals surface area contributed by atoms with E-state index in [1.165, 1.54) is 5.56 Å². The van der Waals surface area contributed by atoms with Crippen LogP contribution in [-0.2, 0) is 6.54 Å². The third-order valence-electron chi connectivity index (χ3n) is 6.37. The summed E-state index contributed by atoms with van der Waals surface area (Å²) in [4.78, 5) is 20.2. The Morgan fingerprint density at radius 3 is 2.50 bits per heavy atom. The minimum atomic E-state index is -0.100. The molecule has 1 atom stereocenters. The maximum atomic E-state index is 13.1. The number of rotatable bonds is 7. The number of nitrogens with one attached hydrogen (secondary N) is 1. The summed E-state index contributed by atoms with van der Waals surface area (Å²) in [7, 11) is 1.72. The number of methoxy groups -OCH3 is 1. The Morgan fingerprint density at radius 1 is 1.06 bits per heavy atom. The lowest BCUT2D eigenvalue weighted by Gasteiger charge is -2.36. The number of ether oxygens (including phenoxy) is 1. The highest BCUT2D eigenvalue weighted by atomic mass is 16.5. The molecule has 5 nitrogen and oxygen atoms in total. The fourth-order valence-electron chi connectivity index (χ4n) is 4.56. The first kappa shape index (κ1) is 22.0. The minimum Gasteiger partial charge on any atom is -0.496 e. The molecule has 1 fully saturated rings. The molecule has 4 rings (SSSR count). The molecular weight excluding hydrogens is 398 g/mol. The summed E-state index contributed by atoms with van der Waals surface area (Å²) in [5.74, 6) is 1.24. The van der Waals surface area contributed by atoms with Gasteiger partial charge in [-0.05, 0) is 68.6 Å². The van der Waals surface area contributed by atoms with Gasteiger partial charge in [0.1, 0.15) is 5.75 Å². The quantitative estimate of drug-likeness (QED) is 0.587. The number of para-hydroxylation sites is 1. The second kappa shape index (κ2) is 10.4. The summed E-state index contributed by atoms with van der Waals surface area (Å²) in [5, 5.41) is 3.30. The van der Waals surface area contributed by atoms with Crippen LogP contribution < -0.4 is 10.1 Å². The topological polar surface area (TPSA) is 54.5 Å². The number of carbonyl (C=O) groups is 1. The molecule has 1 amide bonds. The van der Waals surface area contributed by atoms with E-state index < -0.39 is 0 Å². The molecule has 0 aliphatic carbocycles. The molecule has 32 heavy (non-hydrogen) atoms. The first-order valence-electron chi connectivity index (χ1n) is 11.3. The van der Waals surface area contributed by atoms with E-state index in [0.29, 0.717) is 5.92 Å². The lowest BCUT2D eigenvalue weighted by atomic mass is 9.86. The lowest BCUT2D eigenvalue weighted by Crippen LogP contribution is -2.41. The maximum absolute atomic E-state index is 13.1. The molecule has 166 valence electrons. The number of pyridine rings is 1. The number of hydrogen-bond acceptors (Lipinski definition) is 4. The minimum absolute atomic E-state index is 0.0322. The van der Waals surface area contributed by atoms with Crippen molar-refractivity contribution in [3.63, 3.8) is 0 Å². The van der Waals surface area contributed by atoms with E-state index in [-0.39, 0.29) is 11.9 Å². The summed E-state index contributed by atoms with van der Waals surface area (Å²) in [6.45, 7) is 4.81. The summed E-state index contributed by atoms with van der Waals surface area (Å²) in [6, 6.07) is 21.8. The number of hydrogen-bond donors (Lipinski definition) is 1. The first-order chi connectivity index (χ1) is 15.7. The molecule has 0 unspecified atom stereocenters. The number of nitrogens with zero attached hydrogens (tertiary/aromatic N) is 2. The van der Waals surface area contributed by atoms with Gasteiger partial charge in [0, 0.05) is 23.9 Å². The van der Waals surface area contributed by atoms with Gasteiger partial charge in [-0.2, -0.15) is 0 Å². The summed E-state index contributed by atoms with van der Waals surface area (Å²) in [5.41, 5.74) is 3.85. The standard InChI is InChI=1S/C27H31N3O2/c1-20-9-3-5-11-23(20)27(31)29-26(24-12-7-8-16-28-24)21-14-17-30(18-15-21)19-22-10-4-6-13-25(22)32-2/h3-13,16,21,26H,14-15,17-19H2,1-2H3,(H,29,31)/t26-/m0/s1. The fraction of sp³-hybridized carbons (Fsp3) is 0.333. The molecule has 2 aromatic carbocycles. The molecular formula is C27H31N3O2. The first-order valence-corrected chi connectivity index (χ1v) is 11.3. The van der Waals surface area contributed by atoms with Gasteiger partial charge in [-0.3, -0.25) is 14.7 Å². The molecule has 1 aliphatic rings. The van der Waals surface area contributed by atoms with E-state index in [0.717, 1.165) is 55.0 Å². The smallest absolute Gasteiger partial charge is 0.252 e. The van der Waals surface area contributed by atoms with Crippen LogP contribution in [0.4, 0.5) is 0 Å². The van der Waals surface area contributed by atoms with Crippen LogP contribution in [0.15, 0.2) is 72.9 Å². The number of amides is 1.